The van der Waals surface area contributed by atoms with Gasteiger partial charge in [-0.15, -0.1) is 0 Å². The number of carbonyl (C=O) groups excluding carboxylic acids is 1. The Bertz CT molecular complexity index is 218. The highest BCUT2D eigenvalue weighted by Gasteiger charge is 1.89. The van der Waals surface area contributed by atoms with E-state index in [0.29, 0.717) is 5.56 Å². The van der Waals surface area contributed by atoms with Crippen LogP contribution in [0.4, 0.5) is 0 Å². The number of benzene rings is 1. The van der Waals surface area contributed by atoms with Crippen LogP contribution in [0.2, 0.25) is 0 Å². The molecule has 1 unspecified atom stereocenters. The highest BCUT2D eigenvalue weighted by atomic mass is 31.0. The second kappa shape index (κ2) is 3.33. The molecule has 0 aromatic heterocycles. The minimum Gasteiger partial charge on any atom is -0.480 e. The summed E-state index contributed by atoms with van der Waals surface area (Å²) in [6.45, 7) is 0. The van der Waals surface area contributed by atoms with Gasteiger partial charge >= 0.3 is 0 Å². The van der Waals surface area contributed by atoms with Crippen LogP contribution in [0, 0.1) is 0 Å². The molecule has 0 N–H and O–H groups in total. The molecule has 0 amide bonds. The predicted octanol–water partition coefficient (Wildman–Crippen LogP) is 1.67. The molecule has 0 aliphatic carbocycles. The number of carbonyl (C=O) groups is 1. The third kappa shape index (κ3) is 1.55. The van der Waals surface area contributed by atoms with Crippen LogP contribution in [-0.4, -0.2) is 6.29 Å². The maximum absolute atomic E-state index is 10.2. The van der Waals surface area contributed by atoms with E-state index >= 15 is 0 Å². The van der Waals surface area contributed by atoms with Crippen molar-refractivity contribution in [2.75, 3.05) is 0 Å². The summed E-state index contributed by atoms with van der Waals surface area (Å²) in [4.78, 5) is 10.2. The summed E-state index contributed by atoms with van der Waals surface area (Å²) < 4.78 is 4.81. The van der Waals surface area contributed by atoms with Gasteiger partial charge < -0.3 is 4.52 Å². The van der Waals surface area contributed by atoms with Gasteiger partial charge in [-0.1, -0.05) is 0 Å². The lowest BCUT2D eigenvalue weighted by Crippen LogP contribution is -1.78. The van der Waals surface area contributed by atoms with Gasteiger partial charge in [0.1, 0.15) is 12.0 Å². The van der Waals surface area contributed by atoms with E-state index in [1.54, 1.807) is 24.3 Å². The SMILES string of the molecule is O=Cc1ccc(OP)cc1. The predicted molar refractivity (Wildman–Crippen MR) is 42.2 cm³/mol. The number of hydrogen-bond acceptors (Lipinski definition) is 2. The van der Waals surface area contributed by atoms with E-state index in [1.807, 2.05) is 0 Å². The second-order valence-electron chi connectivity index (χ2n) is 1.80. The van der Waals surface area contributed by atoms with Gasteiger partial charge in [-0.3, -0.25) is 4.79 Å². The van der Waals surface area contributed by atoms with Crippen LogP contribution in [0.25, 0.3) is 0 Å². The molecule has 0 aliphatic heterocycles. The fourth-order valence-corrected chi connectivity index (χ4v) is 0.782. The highest BCUT2D eigenvalue weighted by Crippen LogP contribution is 2.12. The fourth-order valence-electron chi connectivity index (χ4n) is 0.625. The molecule has 0 bridgehead atoms. The fraction of sp³-hybridized carbons (Fsp3) is 0. The highest BCUT2D eigenvalue weighted by molar-refractivity contribution is 7.10. The number of rotatable bonds is 2. The van der Waals surface area contributed by atoms with E-state index in [2.05, 4.69) is 9.47 Å². The van der Waals surface area contributed by atoms with E-state index in [1.165, 1.54) is 0 Å². The molecule has 2 nitrogen and oxygen atoms in total. The Balaban J connectivity index is 2.90. The Kier molecular flexibility index (Phi) is 2.41. The first-order valence-corrected chi connectivity index (χ1v) is 3.26. The van der Waals surface area contributed by atoms with Crippen molar-refractivity contribution in [1.29, 1.82) is 0 Å². The van der Waals surface area contributed by atoms with E-state index < -0.39 is 0 Å². The lowest BCUT2D eigenvalue weighted by Gasteiger charge is -1.96. The molecule has 1 aromatic carbocycles. The van der Waals surface area contributed by atoms with Crippen LogP contribution >= 0.6 is 9.47 Å². The molecular weight excluding hydrogens is 147 g/mol. The van der Waals surface area contributed by atoms with Crippen molar-refractivity contribution < 1.29 is 9.32 Å². The van der Waals surface area contributed by atoms with Gasteiger partial charge in [0.15, 0.2) is 0 Å². The lowest BCUT2D eigenvalue weighted by atomic mass is 10.2. The summed E-state index contributed by atoms with van der Waals surface area (Å²) >= 11 is 0. The molecule has 0 fully saturated rings. The van der Waals surface area contributed by atoms with Crippen molar-refractivity contribution in [2.45, 2.75) is 0 Å². The van der Waals surface area contributed by atoms with Crippen LogP contribution in [0.1, 0.15) is 10.4 Å². The molecule has 0 saturated carbocycles. The van der Waals surface area contributed by atoms with Crippen LogP contribution < -0.4 is 4.52 Å². The summed E-state index contributed by atoms with van der Waals surface area (Å²) in [6, 6.07) is 6.87. The van der Waals surface area contributed by atoms with Gasteiger partial charge in [0, 0.05) is 5.56 Å². The van der Waals surface area contributed by atoms with Crippen LogP contribution in [0.15, 0.2) is 24.3 Å². The summed E-state index contributed by atoms with van der Waals surface area (Å²) in [7, 11) is 2.14. The smallest absolute Gasteiger partial charge is 0.150 e. The van der Waals surface area contributed by atoms with E-state index in [0.717, 1.165) is 12.0 Å². The molecule has 1 rings (SSSR count). The molecule has 0 radical (unpaired) electrons. The Hall–Kier alpha value is -0.880. The minimum atomic E-state index is 0.658. The molecule has 10 heavy (non-hydrogen) atoms. The summed E-state index contributed by atoms with van der Waals surface area (Å²) in [6.07, 6.45) is 0.798. The van der Waals surface area contributed by atoms with Gasteiger partial charge in [0.05, 0.1) is 9.47 Å². The Labute approximate surface area is 61.5 Å². The minimum absolute atomic E-state index is 0.658. The van der Waals surface area contributed by atoms with Crippen molar-refractivity contribution in [3.63, 3.8) is 0 Å². The standard InChI is InChI=1S/C7H7O2P/c8-5-6-1-3-7(9-10)4-2-6/h1-5H,10H2. The number of aldehydes is 1. The lowest BCUT2D eigenvalue weighted by molar-refractivity contribution is 0.112. The Morgan fingerprint density at radius 1 is 1.30 bits per heavy atom. The second-order valence-corrected chi connectivity index (χ2v) is 2.04. The molecule has 0 saturated heterocycles. The summed E-state index contributed by atoms with van der Waals surface area (Å²) in [5.74, 6) is 0.732. The van der Waals surface area contributed by atoms with Gasteiger partial charge in [0.2, 0.25) is 0 Å². The van der Waals surface area contributed by atoms with Gasteiger partial charge in [-0.2, -0.15) is 0 Å². The van der Waals surface area contributed by atoms with E-state index in [-0.39, 0.29) is 0 Å². The molecule has 3 heteroatoms. The van der Waals surface area contributed by atoms with Gasteiger partial charge in [-0.05, 0) is 24.3 Å². The van der Waals surface area contributed by atoms with Crippen molar-refractivity contribution in [3.8, 4) is 5.75 Å². The van der Waals surface area contributed by atoms with Gasteiger partial charge in [-0.25, -0.2) is 0 Å². The quantitative estimate of drug-likeness (QED) is 0.478. The first kappa shape index (κ1) is 7.23. The third-order valence-electron chi connectivity index (χ3n) is 1.15. The number of hydrogen-bond donors (Lipinski definition) is 0. The van der Waals surface area contributed by atoms with Crippen LogP contribution in [-0.2, 0) is 0 Å². The van der Waals surface area contributed by atoms with Crippen molar-refractivity contribution in [3.05, 3.63) is 29.8 Å². The van der Waals surface area contributed by atoms with Crippen molar-refractivity contribution in [1.82, 2.24) is 0 Å². The maximum atomic E-state index is 10.2. The summed E-state index contributed by atoms with van der Waals surface area (Å²) in [5.41, 5.74) is 0.658. The Morgan fingerprint density at radius 2 is 1.90 bits per heavy atom. The zero-order valence-electron chi connectivity index (χ0n) is 5.28. The monoisotopic (exact) mass is 154 g/mol. The zero-order valence-corrected chi connectivity index (χ0v) is 6.44. The largest absolute Gasteiger partial charge is 0.480 e. The first-order valence-electron chi connectivity index (χ1n) is 2.79. The normalized spacial score (nSPS) is 8.90. The zero-order chi connectivity index (χ0) is 7.40. The molecule has 0 aliphatic rings. The van der Waals surface area contributed by atoms with Crippen LogP contribution in [0.3, 0.4) is 0 Å². The van der Waals surface area contributed by atoms with E-state index in [4.69, 9.17) is 4.52 Å². The topological polar surface area (TPSA) is 26.3 Å². The molecular formula is C7H7O2P. The molecule has 1 atom stereocenters. The molecule has 1 aromatic rings. The molecule has 0 heterocycles. The van der Waals surface area contributed by atoms with E-state index in [9.17, 15) is 4.79 Å². The average Bonchev–Trinajstić information content (AvgIpc) is 2.05. The maximum Gasteiger partial charge on any atom is 0.150 e. The Morgan fingerprint density at radius 3 is 2.30 bits per heavy atom. The van der Waals surface area contributed by atoms with Gasteiger partial charge in [0.25, 0.3) is 0 Å². The molecule has 52 valence electrons. The third-order valence-corrected chi connectivity index (χ3v) is 1.42. The summed E-state index contributed by atoms with van der Waals surface area (Å²) in [5, 5.41) is 0. The van der Waals surface area contributed by atoms with Crippen LogP contribution in [0.5, 0.6) is 5.75 Å². The van der Waals surface area contributed by atoms with Crippen molar-refractivity contribution in [2.24, 2.45) is 0 Å². The average molecular weight is 154 g/mol. The first-order chi connectivity index (χ1) is 4.86. The molecule has 0 spiro atoms. The van der Waals surface area contributed by atoms with Crippen molar-refractivity contribution >= 4 is 15.8 Å².